The highest BCUT2D eigenvalue weighted by Gasteiger charge is 2.30. The molecule has 144 valence electrons. The van der Waals surface area contributed by atoms with Crippen LogP contribution < -0.4 is 9.47 Å². The number of methoxy groups -OCH3 is 2. The molecule has 3 rings (SSSR count). The lowest BCUT2D eigenvalue weighted by Crippen LogP contribution is -2.23. The van der Waals surface area contributed by atoms with Crippen LogP contribution in [-0.4, -0.2) is 48.3 Å². The fraction of sp³-hybridized carbons (Fsp3) is 0.150. The van der Waals surface area contributed by atoms with Gasteiger partial charge in [0, 0.05) is 12.6 Å². The predicted molar refractivity (Wildman–Crippen MR) is 108 cm³/mol. The Labute approximate surface area is 166 Å². The number of aliphatic imine (C=N–C) groups is 1. The highest BCUT2D eigenvalue weighted by molar-refractivity contribution is 8.18. The topological polar surface area (TPSA) is 88.4 Å². The van der Waals surface area contributed by atoms with Gasteiger partial charge in [0.15, 0.2) is 5.17 Å². The molecule has 28 heavy (non-hydrogen) atoms. The number of likely N-dealkylation sites (N-methyl/N-ethyl adjacent to an activating group) is 1. The van der Waals surface area contributed by atoms with E-state index < -0.39 is 5.97 Å². The van der Waals surface area contributed by atoms with Crippen molar-refractivity contribution in [2.24, 2.45) is 4.99 Å². The number of amidine groups is 1. The van der Waals surface area contributed by atoms with Crippen molar-refractivity contribution in [3.63, 3.8) is 0 Å². The Balaban J connectivity index is 1.95. The summed E-state index contributed by atoms with van der Waals surface area (Å²) in [5, 5.41) is 9.57. The Morgan fingerprint density at radius 1 is 1.18 bits per heavy atom. The SMILES string of the molecule is COc1ccc(OC)c(/C=C2\SC(=Nc3cccc(C(=O)O)c3)N(C)C2=O)c1. The number of carbonyl (C=O) groups excluding carboxylic acids is 1. The highest BCUT2D eigenvalue weighted by Crippen LogP contribution is 2.35. The minimum absolute atomic E-state index is 0.135. The predicted octanol–water partition coefficient (Wildman–Crippen LogP) is 3.64. The Morgan fingerprint density at radius 2 is 1.96 bits per heavy atom. The lowest BCUT2D eigenvalue weighted by atomic mass is 10.1. The van der Waals surface area contributed by atoms with Gasteiger partial charge in [0.2, 0.25) is 0 Å². The fourth-order valence-electron chi connectivity index (χ4n) is 2.56. The number of carbonyl (C=O) groups is 2. The van der Waals surface area contributed by atoms with Crippen LogP contribution in [0.15, 0.2) is 52.4 Å². The quantitative estimate of drug-likeness (QED) is 0.774. The first-order valence-electron chi connectivity index (χ1n) is 8.24. The van der Waals surface area contributed by atoms with Gasteiger partial charge in [-0.25, -0.2) is 9.79 Å². The molecule has 7 nitrogen and oxygen atoms in total. The summed E-state index contributed by atoms with van der Waals surface area (Å²) in [5.74, 6) is 0.0269. The Bertz CT molecular complexity index is 1000. The summed E-state index contributed by atoms with van der Waals surface area (Å²) in [6, 6.07) is 11.6. The molecule has 0 radical (unpaired) electrons. The van der Waals surface area contributed by atoms with E-state index in [0.717, 1.165) is 0 Å². The average molecular weight is 398 g/mol. The van der Waals surface area contributed by atoms with Gasteiger partial charge in [-0.2, -0.15) is 0 Å². The summed E-state index contributed by atoms with van der Waals surface area (Å²) in [6.07, 6.45) is 1.72. The van der Waals surface area contributed by atoms with Crippen LogP contribution in [0.4, 0.5) is 5.69 Å². The number of ether oxygens (including phenoxy) is 2. The van der Waals surface area contributed by atoms with E-state index in [4.69, 9.17) is 14.6 Å². The number of carboxylic acid groups (broad SMARTS) is 1. The Kier molecular flexibility index (Phi) is 5.70. The third-order valence-electron chi connectivity index (χ3n) is 4.04. The third-order valence-corrected chi connectivity index (χ3v) is 5.11. The van der Waals surface area contributed by atoms with E-state index in [1.165, 1.54) is 28.8 Å². The van der Waals surface area contributed by atoms with E-state index in [-0.39, 0.29) is 11.5 Å². The zero-order chi connectivity index (χ0) is 20.3. The van der Waals surface area contributed by atoms with E-state index in [9.17, 15) is 9.59 Å². The lowest BCUT2D eigenvalue weighted by Gasteiger charge is -2.08. The maximum atomic E-state index is 12.6. The first-order chi connectivity index (χ1) is 13.4. The van der Waals surface area contributed by atoms with E-state index in [1.807, 2.05) is 0 Å². The van der Waals surface area contributed by atoms with Crippen molar-refractivity contribution in [1.82, 2.24) is 4.90 Å². The number of thioether (sulfide) groups is 1. The second-order valence-corrected chi connectivity index (χ2v) is 6.84. The molecule has 1 fully saturated rings. The maximum absolute atomic E-state index is 12.6. The standard InChI is InChI=1S/C20H18N2O5S/c1-22-18(23)17(11-13-10-15(26-2)7-8-16(13)27-3)28-20(22)21-14-6-4-5-12(9-14)19(24)25/h4-11H,1-3H3,(H,24,25)/b17-11-,21-20?. The summed E-state index contributed by atoms with van der Waals surface area (Å²) < 4.78 is 10.6. The maximum Gasteiger partial charge on any atom is 0.335 e. The van der Waals surface area contributed by atoms with Crippen LogP contribution in [-0.2, 0) is 4.79 Å². The van der Waals surface area contributed by atoms with E-state index in [0.29, 0.717) is 32.8 Å². The van der Waals surface area contributed by atoms with Gasteiger partial charge < -0.3 is 14.6 Å². The van der Waals surface area contributed by atoms with Gasteiger partial charge in [-0.3, -0.25) is 9.69 Å². The summed E-state index contributed by atoms with van der Waals surface area (Å²) >= 11 is 1.21. The summed E-state index contributed by atoms with van der Waals surface area (Å²) in [5.41, 5.74) is 1.30. The number of benzene rings is 2. The second-order valence-electron chi connectivity index (χ2n) is 5.83. The molecule has 8 heteroatoms. The third kappa shape index (κ3) is 4.01. The smallest absolute Gasteiger partial charge is 0.335 e. The molecule has 2 aromatic carbocycles. The van der Waals surface area contributed by atoms with Crippen molar-refractivity contribution < 1.29 is 24.2 Å². The monoisotopic (exact) mass is 398 g/mol. The van der Waals surface area contributed by atoms with Gasteiger partial charge in [-0.05, 0) is 54.2 Å². The molecular formula is C20H18N2O5S. The lowest BCUT2D eigenvalue weighted by molar-refractivity contribution is -0.121. The van der Waals surface area contributed by atoms with Crippen LogP contribution >= 0.6 is 11.8 Å². The molecule has 1 heterocycles. The summed E-state index contributed by atoms with van der Waals surface area (Å²) in [6.45, 7) is 0. The molecule has 1 aliphatic rings. The molecule has 0 aromatic heterocycles. The number of hydrogen-bond acceptors (Lipinski definition) is 6. The molecule has 0 aliphatic carbocycles. The van der Waals surface area contributed by atoms with E-state index in [2.05, 4.69) is 4.99 Å². The van der Waals surface area contributed by atoms with Crippen LogP contribution in [0.25, 0.3) is 6.08 Å². The summed E-state index contributed by atoms with van der Waals surface area (Å²) in [4.78, 5) is 30.1. The minimum Gasteiger partial charge on any atom is -0.497 e. The second kappa shape index (κ2) is 8.18. The molecule has 1 aliphatic heterocycles. The molecule has 0 atom stereocenters. The van der Waals surface area contributed by atoms with Crippen molar-refractivity contribution in [3.05, 3.63) is 58.5 Å². The van der Waals surface area contributed by atoms with E-state index >= 15 is 0 Å². The molecule has 1 saturated heterocycles. The van der Waals surface area contributed by atoms with Gasteiger partial charge in [-0.15, -0.1) is 0 Å². The number of rotatable bonds is 5. The Morgan fingerprint density at radius 3 is 2.64 bits per heavy atom. The molecule has 0 spiro atoms. The first kappa shape index (κ1) is 19.5. The number of aromatic carboxylic acids is 1. The van der Waals surface area contributed by atoms with Gasteiger partial charge >= 0.3 is 5.97 Å². The zero-order valence-electron chi connectivity index (χ0n) is 15.5. The van der Waals surface area contributed by atoms with Crippen LogP contribution in [0.2, 0.25) is 0 Å². The van der Waals surface area contributed by atoms with Crippen molar-refractivity contribution in [3.8, 4) is 11.5 Å². The van der Waals surface area contributed by atoms with Gasteiger partial charge in [-0.1, -0.05) is 6.07 Å². The molecule has 0 unspecified atom stereocenters. The number of amides is 1. The molecule has 1 amide bonds. The zero-order valence-corrected chi connectivity index (χ0v) is 16.3. The van der Waals surface area contributed by atoms with Gasteiger partial charge in [0.1, 0.15) is 11.5 Å². The minimum atomic E-state index is -1.03. The largest absolute Gasteiger partial charge is 0.497 e. The molecule has 0 bridgehead atoms. The number of carboxylic acids is 1. The van der Waals surface area contributed by atoms with Crippen molar-refractivity contribution in [2.75, 3.05) is 21.3 Å². The first-order valence-corrected chi connectivity index (χ1v) is 9.06. The normalized spacial score (nSPS) is 16.7. The average Bonchev–Trinajstić information content (AvgIpc) is 2.96. The summed E-state index contributed by atoms with van der Waals surface area (Å²) in [7, 11) is 4.75. The fourth-order valence-corrected chi connectivity index (χ4v) is 3.54. The van der Waals surface area contributed by atoms with E-state index in [1.54, 1.807) is 57.7 Å². The van der Waals surface area contributed by atoms with Crippen LogP contribution in [0.3, 0.4) is 0 Å². The van der Waals surface area contributed by atoms with Crippen molar-refractivity contribution in [1.29, 1.82) is 0 Å². The van der Waals surface area contributed by atoms with Crippen LogP contribution in [0, 0.1) is 0 Å². The van der Waals surface area contributed by atoms with Gasteiger partial charge in [0.05, 0.1) is 30.4 Å². The number of hydrogen-bond donors (Lipinski definition) is 1. The highest BCUT2D eigenvalue weighted by atomic mass is 32.2. The molecule has 2 aromatic rings. The molecular weight excluding hydrogens is 380 g/mol. The molecule has 0 saturated carbocycles. The van der Waals surface area contributed by atoms with Crippen LogP contribution in [0.1, 0.15) is 15.9 Å². The Hall–Kier alpha value is -3.26. The number of nitrogens with zero attached hydrogens (tertiary/aromatic N) is 2. The van der Waals surface area contributed by atoms with Crippen LogP contribution in [0.5, 0.6) is 11.5 Å². The van der Waals surface area contributed by atoms with Gasteiger partial charge in [0.25, 0.3) is 5.91 Å². The van der Waals surface area contributed by atoms with Crippen molar-refractivity contribution >= 4 is 40.6 Å². The van der Waals surface area contributed by atoms with Crippen molar-refractivity contribution in [2.45, 2.75) is 0 Å². The molecule has 1 N–H and O–H groups in total.